The first-order valence-corrected chi connectivity index (χ1v) is 9.09. The smallest absolute Gasteiger partial charge is 0.125 e. The summed E-state index contributed by atoms with van der Waals surface area (Å²) in [4.78, 5) is 7.02. The predicted octanol–water partition coefficient (Wildman–Crippen LogP) is 4.97. The van der Waals surface area contributed by atoms with Crippen LogP contribution in [0.1, 0.15) is 30.3 Å². The van der Waals surface area contributed by atoms with Gasteiger partial charge in [-0.05, 0) is 49.6 Å². The molecule has 3 aromatic rings. The van der Waals surface area contributed by atoms with Crippen LogP contribution in [0.25, 0.3) is 11.0 Å². The lowest BCUT2D eigenvalue weighted by Crippen LogP contribution is -2.34. The number of aromatic nitrogens is 2. The molecule has 0 spiro atoms. The number of imidazole rings is 1. The third-order valence-electron chi connectivity index (χ3n) is 5.07. The van der Waals surface area contributed by atoms with Crippen LogP contribution in [0.2, 0.25) is 5.02 Å². The van der Waals surface area contributed by atoms with E-state index in [4.69, 9.17) is 11.6 Å². The molecule has 4 rings (SSSR count). The Morgan fingerprint density at radius 1 is 1.12 bits per heavy atom. The molecule has 0 unspecified atom stereocenters. The molecule has 0 saturated carbocycles. The Morgan fingerprint density at radius 3 is 2.56 bits per heavy atom. The summed E-state index contributed by atoms with van der Waals surface area (Å²) in [5.74, 6) is 0.742. The number of piperidine rings is 1. The van der Waals surface area contributed by atoms with Crippen molar-refractivity contribution in [2.24, 2.45) is 0 Å². The molecule has 2 heterocycles. The Morgan fingerprint density at radius 2 is 1.84 bits per heavy atom. The summed E-state index contributed by atoms with van der Waals surface area (Å²) in [5, 5.41) is 0.779. The number of halogens is 2. The van der Waals surface area contributed by atoms with Gasteiger partial charge in [-0.2, -0.15) is 0 Å². The summed E-state index contributed by atoms with van der Waals surface area (Å²) in [6, 6.07) is 13.4. The number of benzene rings is 2. The zero-order chi connectivity index (χ0) is 17.4. The summed E-state index contributed by atoms with van der Waals surface area (Å²) >= 11 is 5.96. The number of hydrogen-bond acceptors (Lipinski definition) is 2. The molecule has 1 aromatic heterocycles. The summed E-state index contributed by atoms with van der Waals surface area (Å²) in [5.41, 5.74) is 3.08. The summed E-state index contributed by atoms with van der Waals surface area (Å²) in [6.07, 6.45) is 2.16. The Balaban J connectivity index is 1.47. The van der Waals surface area contributed by atoms with Crippen molar-refractivity contribution in [3.05, 3.63) is 64.7 Å². The molecule has 1 saturated heterocycles. The minimum Gasteiger partial charge on any atom is -0.325 e. The average Bonchev–Trinajstić information content (AvgIpc) is 2.92. The highest BCUT2D eigenvalue weighted by Crippen LogP contribution is 2.29. The van der Waals surface area contributed by atoms with Gasteiger partial charge in [-0.25, -0.2) is 9.37 Å². The number of likely N-dealkylation sites (tertiary alicyclic amines) is 1. The van der Waals surface area contributed by atoms with E-state index in [2.05, 4.69) is 26.6 Å². The number of rotatable bonds is 3. The fourth-order valence-corrected chi connectivity index (χ4v) is 3.96. The summed E-state index contributed by atoms with van der Waals surface area (Å²) in [6.45, 7) is 5.07. The van der Waals surface area contributed by atoms with Crippen LogP contribution in [0.3, 0.4) is 0 Å². The Bertz CT molecular complexity index is 880. The fourth-order valence-electron chi connectivity index (χ4n) is 3.84. The van der Waals surface area contributed by atoms with Crippen LogP contribution in [-0.2, 0) is 6.54 Å². The lowest BCUT2D eigenvalue weighted by molar-refractivity contribution is 0.180. The van der Waals surface area contributed by atoms with Crippen molar-refractivity contribution in [1.82, 2.24) is 14.5 Å². The Hall–Kier alpha value is -1.91. The van der Waals surface area contributed by atoms with Crippen molar-refractivity contribution in [2.45, 2.75) is 32.4 Å². The lowest BCUT2D eigenvalue weighted by atomic mass is 10.0. The highest BCUT2D eigenvalue weighted by atomic mass is 35.5. The maximum atomic E-state index is 13.4. The van der Waals surface area contributed by atoms with Gasteiger partial charge in [0.25, 0.3) is 0 Å². The van der Waals surface area contributed by atoms with Crippen LogP contribution >= 0.6 is 11.6 Å². The monoisotopic (exact) mass is 357 g/mol. The SMILES string of the molecule is Cc1nc2cc(F)ccc2n1C1CCN(Cc2ccc(Cl)cc2)CC1. The molecule has 1 aliphatic rings. The van der Waals surface area contributed by atoms with Gasteiger partial charge in [0.05, 0.1) is 11.0 Å². The highest BCUT2D eigenvalue weighted by Gasteiger charge is 2.23. The molecular formula is C20H21ClFN3. The number of nitrogens with zero attached hydrogens (tertiary/aromatic N) is 3. The van der Waals surface area contributed by atoms with Gasteiger partial charge in [0, 0.05) is 36.8 Å². The maximum absolute atomic E-state index is 13.4. The molecule has 0 bridgehead atoms. The summed E-state index contributed by atoms with van der Waals surface area (Å²) in [7, 11) is 0. The van der Waals surface area contributed by atoms with E-state index in [1.54, 1.807) is 0 Å². The fraction of sp³-hybridized carbons (Fsp3) is 0.350. The van der Waals surface area contributed by atoms with Crippen molar-refractivity contribution >= 4 is 22.6 Å². The van der Waals surface area contributed by atoms with E-state index >= 15 is 0 Å². The van der Waals surface area contributed by atoms with E-state index in [0.29, 0.717) is 6.04 Å². The van der Waals surface area contributed by atoms with Crippen LogP contribution < -0.4 is 0 Å². The van der Waals surface area contributed by atoms with Crippen molar-refractivity contribution in [3.8, 4) is 0 Å². The average molecular weight is 358 g/mol. The molecule has 0 radical (unpaired) electrons. The van der Waals surface area contributed by atoms with Crippen molar-refractivity contribution in [3.63, 3.8) is 0 Å². The zero-order valence-electron chi connectivity index (χ0n) is 14.3. The topological polar surface area (TPSA) is 21.1 Å². The highest BCUT2D eigenvalue weighted by molar-refractivity contribution is 6.30. The maximum Gasteiger partial charge on any atom is 0.125 e. The van der Waals surface area contributed by atoms with E-state index in [0.717, 1.165) is 54.4 Å². The number of aryl methyl sites for hydroxylation is 1. The second-order valence-corrected chi connectivity index (χ2v) is 7.23. The van der Waals surface area contributed by atoms with E-state index < -0.39 is 0 Å². The van der Waals surface area contributed by atoms with Crippen LogP contribution in [0.15, 0.2) is 42.5 Å². The minimum absolute atomic E-state index is 0.227. The third kappa shape index (κ3) is 3.42. The van der Waals surface area contributed by atoms with Gasteiger partial charge in [0.1, 0.15) is 11.6 Å². The van der Waals surface area contributed by atoms with Gasteiger partial charge in [-0.3, -0.25) is 4.90 Å². The van der Waals surface area contributed by atoms with Gasteiger partial charge in [0.2, 0.25) is 0 Å². The van der Waals surface area contributed by atoms with Crippen LogP contribution in [0.4, 0.5) is 4.39 Å². The molecule has 1 fully saturated rings. The quantitative estimate of drug-likeness (QED) is 0.659. The van der Waals surface area contributed by atoms with Gasteiger partial charge >= 0.3 is 0 Å². The molecule has 0 atom stereocenters. The van der Waals surface area contributed by atoms with Crippen molar-refractivity contribution in [2.75, 3.05) is 13.1 Å². The van der Waals surface area contributed by atoms with E-state index in [1.807, 2.05) is 25.1 Å². The first-order valence-electron chi connectivity index (χ1n) is 8.71. The molecule has 25 heavy (non-hydrogen) atoms. The van der Waals surface area contributed by atoms with Crippen LogP contribution in [-0.4, -0.2) is 27.5 Å². The predicted molar refractivity (Wildman–Crippen MR) is 99.4 cm³/mol. The van der Waals surface area contributed by atoms with Crippen LogP contribution in [0, 0.1) is 12.7 Å². The first kappa shape index (κ1) is 16.6. The number of hydrogen-bond donors (Lipinski definition) is 0. The molecule has 0 amide bonds. The van der Waals surface area contributed by atoms with Gasteiger partial charge in [-0.1, -0.05) is 23.7 Å². The molecule has 3 nitrogen and oxygen atoms in total. The third-order valence-corrected chi connectivity index (χ3v) is 5.32. The molecule has 5 heteroatoms. The van der Waals surface area contributed by atoms with Crippen LogP contribution in [0.5, 0.6) is 0 Å². The molecule has 0 aliphatic carbocycles. The molecule has 130 valence electrons. The van der Waals surface area contributed by atoms with Crippen molar-refractivity contribution < 1.29 is 4.39 Å². The number of fused-ring (bicyclic) bond motifs is 1. The Kier molecular flexibility index (Phi) is 4.48. The van der Waals surface area contributed by atoms with E-state index in [1.165, 1.54) is 17.7 Å². The Labute approximate surface area is 152 Å². The first-order chi connectivity index (χ1) is 12.1. The standard InChI is InChI=1S/C20H21ClFN3/c1-14-23-19-12-17(22)6-7-20(19)25(14)18-8-10-24(11-9-18)13-15-2-4-16(21)5-3-15/h2-7,12,18H,8-11,13H2,1H3. The zero-order valence-corrected chi connectivity index (χ0v) is 15.0. The second-order valence-electron chi connectivity index (χ2n) is 6.80. The molecule has 1 aliphatic heterocycles. The van der Waals surface area contributed by atoms with Crippen molar-refractivity contribution in [1.29, 1.82) is 0 Å². The second kappa shape index (κ2) is 6.77. The van der Waals surface area contributed by atoms with Gasteiger partial charge < -0.3 is 4.57 Å². The normalized spacial score (nSPS) is 16.6. The van der Waals surface area contributed by atoms with E-state index in [-0.39, 0.29) is 5.82 Å². The molecule has 2 aromatic carbocycles. The largest absolute Gasteiger partial charge is 0.325 e. The van der Waals surface area contributed by atoms with Gasteiger partial charge in [0.15, 0.2) is 0 Å². The molecule has 0 N–H and O–H groups in total. The van der Waals surface area contributed by atoms with Gasteiger partial charge in [-0.15, -0.1) is 0 Å². The molecular weight excluding hydrogens is 337 g/mol. The summed E-state index contributed by atoms with van der Waals surface area (Å²) < 4.78 is 15.7. The lowest BCUT2D eigenvalue weighted by Gasteiger charge is -2.33. The minimum atomic E-state index is -0.227. The van der Waals surface area contributed by atoms with E-state index in [9.17, 15) is 4.39 Å².